The molecule has 3 aromatic rings. The van der Waals surface area contributed by atoms with Gasteiger partial charge in [0.25, 0.3) is 0 Å². The number of hydrogen-bond acceptors (Lipinski definition) is 3. The first-order valence-corrected chi connectivity index (χ1v) is 8.09. The van der Waals surface area contributed by atoms with Crippen molar-refractivity contribution in [1.29, 1.82) is 0 Å². The van der Waals surface area contributed by atoms with Gasteiger partial charge in [-0.1, -0.05) is 0 Å². The van der Waals surface area contributed by atoms with Gasteiger partial charge in [-0.25, -0.2) is 13.5 Å². The molecule has 5 nitrogen and oxygen atoms in total. The van der Waals surface area contributed by atoms with Crippen LogP contribution in [0.1, 0.15) is 35.5 Å². The van der Waals surface area contributed by atoms with Crippen molar-refractivity contribution in [2.45, 2.75) is 33.4 Å². The lowest BCUT2D eigenvalue weighted by atomic mass is 10.1. The summed E-state index contributed by atoms with van der Waals surface area (Å²) in [6, 6.07) is 3.51. The Kier molecular flexibility index (Phi) is 4.67. The van der Waals surface area contributed by atoms with Gasteiger partial charge < -0.3 is 5.32 Å². The molecule has 0 bridgehead atoms. The van der Waals surface area contributed by atoms with Crippen LogP contribution >= 0.6 is 0 Å². The minimum Gasteiger partial charge on any atom is -0.306 e. The highest BCUT2D eigenvalue weighted by atomic mass is 19.1. The van der Waals surface area contributed by atoms with Crippen LogP contribution < -0.4 is 5.32 Å². The highest BCUT2D eigenvalue weighted by Gasteiger charge is 2.17. The fraction of sp³-hybridized carbons (Fsp3) is 0.333. The van der Waals surface area contributed by atoms with E-state index in [1.165, 1.54) is 16.8 Å². The van der Waals surface area contributed by atoms with Crippen molar-refractivity contribution in [2.75, 3.05) is 0 Å². The number of aromatic nitrogens is 4. The molecule has 1 aromatic carbocycles. The zero-order chi connectivity index (χ0) is 18.1. The van der Waals surface area contributed by atoms with E-state index in [1.54, 1.807) is 6.20 Å². The number of rotatable bonds is 5. The van der Waals surface area contributed by atoms with Crippen molar-refractivity contribution in [1.82, 2.24) is 24.9 Å². The van der Waals surface area contributed by atoms with Crippen LogP contribution in [0.4, 0.5) is 8.78 Å². The first-order chi connectivity index (χ1) is 11.9. The van der Waals surface area contributed by atoms with Gasteiger partial charge in [0.05, 0.1) is 12.4 Å². The quantitative estimate of drug-likeness (QED) is 0.771. The van der Waals surface area contributed by atoms with Crippen LogP contribution in [-0.2, 0) is 13.6 Å². The first kappa shape index (κ1) is 17.3. The molecule has 7 heteroatoms. The summed E-state index contributed by atoms with van der Waals surface area (Å²) in [6.45, 7) is 6.60. The van der Waals surface area contributed by atoms with Gasteiger partial charge in [0, 0.05) is 48.2 Å². The van der Waals surface area contributed by atoms with E-state index in [1.807, 2.05) is 38.7 Å². The second-order valence-electron chi connectivity index (χ2n) is 6.17. The van der Waals surface area contributed by atoms with Gasteiger partial charge in [-0.2, -0.15) is 10.2 Å². The average Bonchev–Trinajstić information content (AvgIpc) is 3.09. The number of halogens is 2. The van der Waals surface area contributed by atoms with E-state index in [-0.39, 0.29) is 11.7 Å². The molecule has 0 spiro atoms. The van der Waals surface area contributed by atoms with Crippen molar-refractivity contribution >= 4 is 0 Å². The molecule has 0 radical (unpaired) electrons. The molecule has 0 aliphatic heterocycles. The summed E-state index contributed by atoms with van der Waals surface area (Å²) in [5.74, 6) is -1.24. The molecular formula is C18H21F2N5. The van der Waals surface area contributed by atoms with E-state index in [4.69, 9.17) is 0 Å². The van der Waals surface area contributed by atoms with Crippen molar-refractivity contribution < 1.29 is 8.78 Å². The highest BCUT2D eigenvalue weighted by molar-refractivity contribution is 5.37. The maximum Gasteiger partial charge on any atom is 0.151 e. The standard InChI is InChI=1S/C18H21F2N5/c1-11(21-8-14-9-22-24(4)12(14)2)16-10-23-25(13(16)3)18-6-5-15(19)7-17(18)20/h5-7,9-11,21H,8H2,1-4H3/t11-/m1/s1. The molecule has 0 saturated carbocycles. The van der Waals surface area contributed by atoms with Gasteiger partial charge in [0.15, 0.2) is 5.82 Å². The Labute approximate surface area is 145 Å². The van der Waals surface area contributed by atoms with Gasteiger partial charge in [-0.3, -0.25) is 4.68 Å². The third-order valence-corrected chi connectivity index (χ3v) is 4.59. The summed E-state index contributed by atoms with van der Waals surface area (Å²) < 4.78 is 30.5. The number of benzene rings is 1. The Balaban J connectivity index is 1.79. The lowest BCUT2D eigenvalue weighted by molar-refractivity contribution is 0.565. The third kappa shape index (κ3) is 3.32. The maximum atomic E-state index is 14.0. The van der Waals surface area contributed by atoms with Crippen molar-refractivity contribution in [3.63, 3.8) is 0 Å². The Bertz CT molecular complexity index is 897. The molecular weight excluding hydrogens is 324 g/mol. The van der Waals surface area contributed by atoms with E-state index >= 15 is 0 Å². The predicted molar refractivity (Wildman–Crippen MR) is 91.4 cm³/mol. The predicted octanol–water partition coefficient (Wildman–Crippen LogP) is 3.35. The van der Waals surface area contributed by atoms with Crippen molar-refractivity contribution in [3.8, 4) is 5.69 Å². The number of hydrogen-bond donors (Lipinski definition) is 1. The molecule has 2 aromatic heterocycles. The normalized spacial score (nSPS) is 12.6. The molecule has 0 saturated heterocycles. The maximum absolute atomic E-state index is 14.0. The van der Waals surface area contributed by atoms with E-state index in [9.17, 15) is 8.78 Å². The number of aryl methyl sites for hydroxylation is 1. The largest absolute Gasteiger partial charge is 0.306 e. The van der Waals surface area contributed by atoms with Gasteiger partial charge in [0.1, 0.15) is 11.5 Å². The van der Waals surface area contributed by atoms with Crippen LogP contribution in [0.3, 0.4) is 0 Å². The lowest BCUT2D eigenvalue weighted by Crippen LogP contribution is -2.19. The second kappa shape index (κ2) is 6.76. The summed E-state index contributed by atoms with van der Waals surface area (Å²) in [5.41, 5.74) is 4.25. The Morgan fingerprint density at radius 1 is 1.12 bits per heavy atom. The van der Waals surface area contributed by atoms with Crippen LogP contribution in [0.25, 0.3) is 5.69 Å². The molecule has 0 aliphatic carbocycles. The van der Waals surface area contributed by atoms with E-state index < -0.39 is 11.6 Å². The molecule has 132 valence electrons. The Morgan fingerprint density at radius 2 is 1.88 bits per heavy atom. The third-order valence-electron chi connectivity index (χ3n) is 4.59. The summed E-state index contributed by atoms with van der Waals surface area (Å²) in [5, 5.41) is 11.9. The van der Waals surface area contributed by atoms with Gasteiger partial charge in [-0.15, -0.1) is 0 Å². The zero-order valence-electron chi connectivity index (χ0n) is 14.7. The molecule has 0 fully saturated rings. The van der Waals surface area contributed by atoms with Gasteiger partial charge in [-0.05, 0) is 32.9 Å². The molecule has 1 N–H and O–H groups in total. The van der Waals surface area contributed by atoms with Crippen LogP contribution in [0, 0.1) is 25.5 Å². The van der Waals surface area contributed by atoms with Crippen LogP contribution in [0.2, 0.25) is 0 Å². The molecule has 0 unspecified atom stereocenters. The minimum atomic E-state index is -0.635. The van der Waals surface area contributed by atoms with E-state index in [0.717, 1.165) is 28.6 Å². The summed E-state index contributed by atoms with van der Waals surface area (Å²) in [7, 11) is 1.91. The zero-order valence-corrected chi connectivity index (χ0v) is 14.7. The fourth-order valence-corrected chi connectivity index (χ4v) is 2.83. The molecule has 3 rings (SSSR count). The molecule has 25 heavy (non-hydrogen) atoms. The van der Waals surface area contributed by atoms with E-state index in [0.29, 0.717) is 6.54 Å². The van der Waals surface area contributed by atoms with Crippen molar-refractivity contribution in [2.24, 2.45) is 7.05 Å². The monoisotopic (exact) mass is 345 g/mol. The van der Waals surface area contributed by atoms with Gasteiger partial charge in [0.2, 0.25) is 0 Å². The molecule has 2 heterocycles. The molecule has 1 atom stereocenters. The molecule has 0 amide bonds. The topological polar surface area (TPSA) is 47.7 Å². The summed E-state index contributed by atoms with van der Waals surface area (Å²) in [4.78, 5) is 0. The first-order valence-electron chi connectivity index (χ1n) is 8.09. The van der Waals surface area contributed by atoms with Crippen LogP contribution in [0.15, 0.2) is 30.6 Å². The van der Waals surface area contributed by atoms with Gasteiger partial charge >= 0.3 is 0 Å². The van der Waals surface area contributed by atoms with Crippen molar-refractivity contribution in [3.05, 3.63) is 64.7 Å². The SMILES string of the molecule is Cc1c(CN[C@H](C)c2cnn(-c3ccc(F)cc3F)c2C)cnn1C. The minimum absolute atomic E-state index is 0.0249. The number of nitrogens with zero attached hydrogens (tertiary/aromatic N) is 4. The number of nitrogens with one attached hydrogen (secondary N) is 1. The lowest BCUT2D eigenvalue weighted by Gasteiger charge is -2.14. The van der Waals surface area contributed by atoms with E-state index in [2.05, 4.69) is 15.5 Å². The highest BCUT2D eigenvalue weighted by Crippen LogP contribution is 2.22. The average molecular weight is 345 g/mol. The summed E-state index contributed by atoms with van der Waals surface area (Å²) >= 11 is 0. The Hall–Kier alpha value is -2.54. The fourth-order valence-electron chi connectivity index (χ4n) is 2.83. The second-order valence-corrected chi connectivity index (χ2v) is 6.17. The van der Waals surface area contributed by atoms with Crippen LogP contribution in [0.5, 0.6) is 0 Å². The Morgan fingerprint density at radius 3 is 2.52 bits per heavy atom. The summed E-state index contributed by atoms with van der Waals surface area (Å²) in [6.07, 6.45) is 3.56. The van der Waals surface area contributed by atoms with Crippen LogP contribution in [-0.4, -0.2) is 19.6 Å². The smallest absolute Gasteiger partial charge is 0.151 e. The molecule has 0 aliphatic rings.